The number of furan rings is 1. The lowest BCUT2D eigenvalue weighted by Crippen LogP contribution is -2.33. The summed E-state index contributed by atoms with van der Waals surface area (Å²) in [5.74, 6) is 0.348. The molecule has 0 aliphatic carbocycles. The first-order valence-electron chi connectivity index (χ1n) is 7.98. The molecule has 0 radical (unpaired) electrons. The van der Waals surface area contributed by atoms with Crippen LogP contribution in [0.15, 0.2) is 57.9 Å². The van der Waals surface area contributed by atoms with Crippen LogP contribution in [0.25, 0.3) is 11.3 Å². The Balaban J connectivity index is 1.76. The van der Waals surface area contributed by atoms with Crippen LogP contribution in [0.2, 0.25) is 0 Å². The van der Waals surface area contributed by atoms with Crippen molar-refractivity contribution in [3.05, 3.63) is 76.0 Å². The minimum atomic E-state index is -0.319. The van der Waals surface area contributed by atoms with E-state index in [9.17, 15) is 9.59 Å². The molecule has 0 bridgehead atoms. The fourth-order valence-electron chi connectivity index (χ4n) is 2.41. The molecular weight excluding hydrogens is 318 g/mol. The molecule has 3 rings (SSSR count). The zero-order chi connectivity index (χ0) is 17.8. The summed E-state index contributed by atoms with van der Waals surface area (Å²) in [5.41, 5.74) is 3.58. The van der Waals surface area contributed by atoms with E-state index >= 15 is 0 Å². The summed E-state index contributed by atoms with van der Waals surface area (Å²) in [7, 11) is 0. The molecule has 2 aromatic heterocycles. The normalized spacial score (nSPS) is 10.6. The van der Waals surface area contributed by atoms with Gasteiger partial charge < -0.3 is 9.73 Å². The van der Waals surface area contributed by atoms with Gasteiger partial charge in [-0.1, -0.05) is 12.1 Å². The average molecular weight is 337 g/mol. The number of carbonyl (C=O) groups is 1. The zero-order valence-corrected chi connectivity index (χ0v) is 14.2. The Morgan fingerprint density at radius 1 is 1.16 bits per heavy atom. The fourth-order valence-corrected chi connectivity index (χ4v) is 2.41. The van der Waals surface area contributed by atoms with Gasteiger partial charge in [0.1, 0.15) is 12.3 Å². The molecule has 0 aliphatic heterocycles. The van der Waals surface area contributed by atoms with Crippen molar-refractivity contribution in [2.45, 2.75) is 26.9 Å². The van der Waals surface area contributed by atoms with Gasteiger partial charge in [0.15, 0.2) is 0 Å². The Labute approximate surface area is 145 Å². The van der Waals surface area contributed by atoms with Crippen molar-refractivity contribution in [3.63, 3.8) is 0 Å². The van der Waals surface area contributed by atoms with E-state index in [0.29, 0.717) is 11.5 Å². The topological polar surface area (TPSA) is 77.1 Å². The van der Waals surface area contributed by atoms with Gasteiger partial charge in [-0.3, -0.25) is 9.59 Å². The third-order valence-electron chi connectivity index (χ3n) is 4.00. The van der Waals surface area contributed by atoms with Gasteiger partial charge in [0.2, 0.25) is 5.91 Å². The zero-order valence-electron chi connectivity index (χ0n) is 14.2. The number of hydrogen-bond donors (Lipinski definition) is 1. The fraction of sp³-hybridized carbons (Fsp3) is 0.211. The maximum absolute atomic E-state index is 12.1. The van der Waals surface area contributed by atoms with E-state index in [1.807, 2.05) is 32.0 Å². The first-order chi connectivity index (χ1) is 12.0. The first-order valence-corrected chi connectivity index (χ1v) is 7.98. The maximum atomic E-state index is 12.1. The van der Waals surface area contributed by atoms with Crippen LogP contribution >= 0.6 is 0 Å². The van der Waals surface area contributed by atoms with Crippen LogP contribution in [0.5, 0.6) is 0 Å². The number of hydrogen-bond acceptors (Lipinski definition) is 4. The van der Waals surface area contributed by atoms with Crippen molar-refractivity contribution in [1.29, 1.82) is 0 Å². The van der Waals surface area contributed by atoms with Crippen LogP contribution in [-0.2, 0) is 17.9 Å². The summed E-state index contributed by atoms with van der Waals surface area (Å²) in [5, 5.41) is 7.02. The summed E-state index contributed by atoms with van der Waals surface area (Å²) < 4.78 is 6.33. The van der Waals surface area contributed by atoms with Gasteiger partial charge in [-0.15, -0.1) is 0 Å². The van der Waals surface area contributed by atoms with Gasteiger partial charge in [-0.05, 0) is 49.2 Å². The largest absolute Gasteiger partial charge is 0.467 e. The monoisotopic (exact) mass is 337 g/mol. The predicted molar refractivity (Wildman–Crippen MR) is 94.0 cm³/mol. The molecule has 0 unspecified atom stereocenters. The summed E-state index contributed by atoms with van der Waals surface area (Å²) in [4.78, 5) is 24.0. The third-order valence-corrected chi connectivity index (χ3v) is 4.00. The smallest absolute Gasteiger partial charge is 0.267 e. The van der Waals surface area contributed by atoms with E-state index < -0.39 is 0 Å². The summed E-state index contributed by atoms with van der Waals surface area (Å²) >= 11 is 0. The van der Waals surface area contributed by atoms with Gasteiger partial charge in [0.25, 0.3) is 5.56 Å². The van der Waals surface area contributed by atoms with Crippen molar-refractivity contribution in [1.82, 2.24) is 15.1 Å². The van der Waals surface area contributed by atoms with E-state index in [4.69, 9.17) is 4.42 Å². The highest BCUT2D eigenvalue weighted by molar-refractivity contribution is 5.75. The molecule has 1 amide bonds. The molecule has 2 heterocycles. The predicted octanol–water partition coefficient (Wildman–Crippen LogP) is 2.44. The summed E-state index contributed by atoms with van der Waals surface area (Å²) in [6.07, 6.45) is 1.54. The number of carbonyl (C=O) groups excluding carboxylic acids is 1. The van der Waals surface area contributed by atoms with Crippen LogP contribution in [-0.4, -0.2) is 15.7 Å². The van der Waals surface area contributed by atoms with Crippen molar-refractivity contribution >= 4 is 5.91 Å². The minimum Gasteiger partial charge on any atom is -0.467 e. The minimum absolute atomic E-state index is 0.141. The number of amides is 1. The SMILES string of the molecule is Cc1ccc(-c2ccc(=O)n(CC(=O)NCc3ccco3)n2)cc1C. The molecule has 0 saturated heterocycles. The molecule has 0 saturated carbocycles. The first kappa shape index (κ1) is 16.7. The van der Waals surface area contributed by atoms with Gasteiger partial charge in [-0.25, -0.2) is 4.68 Å². The van der Waals surface area contributed by atoms with Crippen molar-refractivity contribution in [2.24, 2.45) is 0 Å². The quantitative estimate of drug-likeness (QED) is 0.776. The number of nitrogens with one attached hydrogen (secondary N) is 1. The van der Waals surface area contributed by atoms with Crippen molar-refractivity contribution < 1.29 is 9.21 Å². The van der Waals surface area contributed by atoms with E-state index in [0.717, 1.165) is 11.1 Å². The standard InChI is InChI=1S/C19H19N3O3/c1-13-5-6-15(10-14(13)2)17-7-8-19(24)22(21-17)12-18(23)20-11-16-4-3-9-25-16/h3-10H,11-12H2,1-2H3,(H,20,23). The molecule has 0 fully saturated rings. The molecule has 6 nitrogen and oxygen atoms in total. The number of benzene rings is 1. The lowest BCUT2D eigenvalue weighted by molar-refractivity contribution is -0.122. The number of nitrogens with zero attached hydrogens (tertiary/aromatic N) is 2. The van der Waals surface area contributed by atoms with Crippen LogP contribution in [0.3, 0.4) is 0 Å². The van der Waals surface area contributed by atoms with Crippen LogP contribution in [0.1, 0.15) is 16.9 Å². The van der Waals surface area contributed by atoms with Crippen LogP contribution < -0.4 is 10.9 Å². The van der Waals surface area contributed by atoms with E-state index in [1.54, 1.807) is 24.5 Å². The number of rotatable bonds is 5. The van der Waals surface area contributed by atoms with Crippen molar-refractivity contribution in [2.75, 3.05) is 0 Å². The summed E-state index contributed by atoms with van der Waals surface area (Å²) in [6.45, 7) is 4.20. The number of aromatic nitrogens is 2. The Bertz CT molecular complexity index is 943. The van der Waals surface area contributed by atoms with Gasteiger partial charge in [0.05, 0.1) is 18.5 Å². The van der Waals surface area contributed by atoms with Gasteiger partial charge in [-0.2, -0.15) is 5.10 Å². The third kappa shape index (κ3) is 4.03. The van der Waals surface area contributed by atoms with Crippen LogP contribution in [0.4, 0.5) is 0 Å². The molecular formula is C19H19N3O3. The molecule has 0 aliphatic rings. The molecule has 128 valence electrons. The molecule has 6 heteroatoms. The van der Waals surface area contributed by atoms with Crippen molar-refractivity contribution in [3.8, 4) is 11.3 Å². The van der Waals surface area contributed by atoms with Gasteiger partial charge in [0, 0.05) is 11.6 Å². The lowest BCUT2D eigenvalue weighted by Gasteiger charge is -2.09. The molecule has 25 heavy (non-hydrogen) atoms. The van der Waals surface area contributed by atoms with E-state index in [1.165, 1.54) is 16.3 Å². The highest BCUT2D eigenvalue weighted by atomic mass is 16.3. The number of aryl methyl sites for hydroxylation is 2. The highest BCUT2D eigenvalue weighted by Crippen LogP contribution is 2.19. The molecule has 1 N–H and O–H groups in total. The Hall–Kier alpha value is -3.15. The Morgan fingerprint density at radius 2 is 2.00 bits per heavy atom. The second kappa shape index (κ2) is 7.17. The lowest BCUT2D eigenvalue weighted by atomic mass is 10.0. The van der Waals surface area contributed by atoms with Crippen LogP contribution in [0, 0.1) is 13.8 Å². The second-order valence-electron chi connectivity index (χ2n) is 5.87. The molecule has 0 spiro atoms. The second-order valence-corrected chi connectivity index (χ2v) is 5.87. The molecule has 0 atom stereocenters. The Kier molecular flexibility index (Phi) is 4.79. The van der Waals surface area contributed by atoms with E-state index in [2.05, 4.69) is 10.4 Å². The highest BCUT2D eigenvalue weighted by Gasteiger charge is 2.09. The van der Waals surface area contributed by atoms with Gasteiger partial charge >= 0.3 is 0 Å². The summed E-state index contributed by atoms with van der Waals surface area (Å²) in [6, 6.07) is 12.6. The maximum Gasteiger partial charge on any atom is 0.267 e. The molecule has 3 aromatic rings. The Morgan fingerprint density at radius 3 is 2.72 bits per heavy atom. The average Bonchev–Trinajstić information content (AvgIpc) is 3.11. The molecule has 1 aromatic carbocycles. The van der Waals surface area contributed by atoms with E-state index in [-0.39, 0.29) is 24.6 Å².